The summed E-state index contributed by atoms with van der Waals surface area (Å²) in [4.78, 5) is 8.44. The number of aliphatic hydroxyl groups is 1. The number of allylic oxidation sites excluding steroid dienone is 1. The summed E-state index contributed by atoms with van der Waals surface area (Å²) in [6.07, 6.45) is 7.36. The average molecular weight is 208 g/mol. The Morgan fingerprint density at radius 2 is 1.47 bits per heavy atom. The van der Waals surface area contributed by atoms with Crippen LogP contribution < -0.4 is 0 Å². The third kappa shape index (κ3) is 3.96. The summed E-state index contributed by atoms with van der Waals surface area (Å²) in [5.74, 6) is 0. The highest BCUT2D eigenvalue weighted by atomic mass is 16.3. The molecular formula is C12H20N2O. The minimum absolute atomic E-state index is 0.158. The highest BCUT2D eigenvalue weighted by Crippen LogP contribution is 2.22. The molecular weight excluding hydrogens is 188 g/mol. The first-order valence-electron chi connectivity index (χ1n) is 5.18. The summed E-state index contributed by atoms with van der Waals surface area (Å²) < 4.78 is 0. The first-order chi connectivity index (χ1) is 6.62. The molecule has 1 rings (SSSR count). The topological polar surface area (TPSA) is 45.0 Å². The van der Waals surface area contributed by atoms with Crippen LogP contribution in [0.3, 0.4) is 0 Å². The van der Waals surface area contributed by atoms with Crippen molar-refractivity contribution in [3.8, 4) is 0 Å². The number of nitrogens with zero attached hydrogens (tertiary/aromatic N) is 2. The molecule has 3 heteroatoms. The monoisotopic (exact) mass is 208 g/mol. The third-order valence-corrected chi connectivity index (χ3v) is 2.22. The Morgan fingerprint density at radius 3 is 2.07 bits per heavy atom. The van der Waals surface area contributed by atoms with Crippen molar-refractivity contribution in [3.63, 3.8) is 0 Å². The summed E-state index contributed by atoms with van der Waals surface area (Å²) in [6, 6.07) is 0. The van der Waals surface area contributed by atoms with Crippen LogP contribution in [0.15, 0.2) is 22.1 Å². The van der Waals surface area contributed by atoms with Gasteiger partial charge in [-0.3, -0.25) is 9.98 Å². The quantitative estimate of drug-likeness (QED) is 0.609. The molecule has 15 heavy (non-hydrogen) atoms. The number of aliphatic imine (C=N–C) groups is 2. The second-order valence-electron chi connectivity index (χ2n) is 5.42. The average Bonchev–Trinajstić information content (AvgIpc) is 2.12. The van der Waals surface area contributed by atoms with E-state index in [0.29, 0.717) is 0 Å². The van der Waals surface area contributed by atoms with E-state index in [1.165, 1.54) is 6.21 Å². The van der Waals surface area contributed by atoms with Crippen molar-refractivity contribution in [2.75, 3.05) is 0 Å². The van der Waals surface area contributed by atoms with Gasteiger partial charge < -0.3 is 5.11 Å². The van der Waals surface area contributed by atoms with E-state index in [0.717, 1.165) is 0 Å². The Bertz CT molecular complexity index is 246. The van der Waals surface area contributed by atoms with Gasteiger partial charge in [0.05, 0.1) is 11.8 Å². The molecule has 1 aliphatic rings. The van der Waals surface area contributed by atoms with E-state index < -0.39 is 5.72 Å². The van der Waals surface area contributed by atoms with Crippen LogP contribution in [0, 0.1) is 5.41 Å². The first kappa shape index (κ1) is 12.1. The fourth-order valence-corrected chi connectivity index (χ4v) is 1.12. The van der Waals surface area contributed by atoms with E-state index >= 15 is 0 Å². The molecule has 0 amide bonds. The standard InChI is InChI=1S/C12H20N2O/c1-10(2)6-7-11(3,4)13-9-12(5,15)14-8-10/h6-9,15H,1-5H3/b7-6-,13-9?,14-8?. The van der Waals surface area contributed by atoms with Crippen molar-refractivity contribution in [1.82, 2.24) is 0 Å². The molecule has 1 atom stereocenters. The fourth-order valence-electron chi connectivity index (χ4n) is 1.12. The van der Waals surface area contributed by atoms with Crippen molar-refractivity contribution in [2.45, 2.75) is 45.9 Å². The van der Waals surface area contributed by atoms with Gasteiger partial charge in [-0.25, -0.2) is 0 Å². The lowest BCUT2D eigenvalue weighted by atomic mass is 9.92. The van der Waals surface area contributed by atoms with Crippen molar-refractivity contribution in [1.29, 1.82) is 0 Å². The molecule has 84 valence electrons. The van der Waals surface area contributed by atoms with Gasteiger partial charge in [0.15, 0.2) is 5.72 Å². The van der Waals surface area contributed by atoms with Crippen molar-refractivity contribution in [2.24, 2.45) is 15.4 Å². The van der Waals surface area contributed by atoms with Crippen molar-refractivity contribution >= 4 is 12.4 Å². The van der Waals surface area contributed by atoms with Crippen LogP contribution >= 0.6 is 0 Å². The second kappa shape index (κ2) is 3.56. The van der Waals surface area contributed by atoms with Gasteiger partial charge in [-0.1, -0.05) is 26.0 Å². The molecule has 1 unspecified atom stereocenters. The van der Waals surface area contributed by atoms with Gasteiger partial charge >= 0.3 is 0 Å². The smallest absolute Gasteiger partial charge is 0.188 e. The number of hydrogen-bond acceptors (Lipinski definition) is 3. The first-order valence-corrected chi connectivity index (χ1v) is 5.18. The predicted molar refractivity (Wildman–Crippen MR) is 64.6 cm³/mol. The molecule has 0 aromatic carbocycles. The van der Waals surface area contributed by atoms with Gasteiger partial charge in [-0.15, -0.1) is 0 Å². The lowest BCUT2D eigenvalue weighted by molar-refractivity contribution is 0.148. The van der Waals surface area contributed by atoms with Crippen molar-refractivity contribution in [3.05, 3.63) is 12.2 Å². The molecule has 1 aliphatic heterocycles. The van der Waals surface area contributed by atoms with Crippen LogP contribution in [0.1, 0.15) is 34.6 Å². The summed E-state index contributed by atoms with van der Waals surface area (Å²) in [5.41, 5.74) is -1.66. The minimum Gasteiger partial charge on any atom is -0.365 e. The highest BCUT2D eigenvalue weighted by molar-refractivity contribution is 5.75. The van der Waals surface area contributed by atoms with Crippen LogP contribution in [0.25, 0.3) is 0 Å². The maximum atomic E-state index is 9.89. The molecule has 0 fully saturated rings. The number of hydrogen-bond donors (Lipinski definition) is 1. The Labute approximate surface area is 91.6 Å². The number of rotatable bonds is 0. The zero-order chi connectivity index (χ0) is 11.7. The SMILES string of the molecule is CC1(C)C=NC(C)(O)C=NC(C)(C)/C=C\1. The maximum absolute atomic E-state index is 9.89. The lowest BCUT2D eigenvalue weighted by Crippen LogP contribution is -2.26. The van der Waals surface area contributed by atoms with E-state index in [9.17, 15) is 5.11 Å². The van der Waals surface area contributed by atoms with E-state index in [-0.39, 0.29) is 11.0 Å². The molecule has 0 aromatic heterocycles. The molecule has 0 aromatic rings. The van der Waals surface area contributed by atoms with E-state index in [2.05, 4.69) is 16.1 Å². The van der Waals surface area contributed by atoms with Gasteiger partial charge in [0.2, 0.25) is 0 Å². The minimum atomic E-state index is -1.21. The molecule has 0 aliphatic carbocycles. The van der Waals surface area contributed by atoms with E-state index in [1.807, 2.05) is 33.8 Å². The van der Waals surface area contributed by atoms with Gasteiger partial charge in [0.25, 0.3) is 0 Å². The Morgan fingerprint density at radius 1 is 0.867 bits per heavy atom. The highest BCUT2D eigenvalue weighted by Gasteiger charge is 2.22. The summed E-state index contributed by atoms with van der Waals surface area (Å²) in [7, 11) is 0. The van der Waals surface area contributed by atoms with E-state index in [4.69, 9.17) is 0 Å². The van der Waals surface area contributed by atoms with Gasteiger partial charge in [-0.2, -0.15) is 0 Å². The van der Waals surface area contributed by atoms with Gasteiger partial charge in [0, 0.05) is 11.6 Å². The second-order valence-corrected chi connectivity index (χ2v) is 5.42. The van der Waals surface area contributed by atoms with Gasteiger partial charge in [0.1, 0.15) is 0 Å². The van der Waals surface area contributed by atoms with Crippen LogP contribution in [0.4, 0.5) is 0 Å². The van der Waals surface area contributed by atoms with Crippen molar-refractivity contribution < 1.29 is 5.11 Å². The molecule has 0 saturated carbocycles. The Kier molecular flexibility index (Phi) is 2.88. The zero-order valence-corrected chi connectivity index (χ0v) is 10.2. The van der Waals surface area contributed by atoms with Crippen LogP contribution in [-0.2, 0) is 0 Å². The summed E-state index contributed by atoms with van der Waals surface area (Å²) in [5, 5.41) is 9.89. The zero-order valence-electron chi connectivity index (χ0n) is 10.2. The third-order valence-electron chi connectivity index (χ3n) is 2.22. The lowest BCUT2D eigenvalue weighted by Gasteiger charge is -2.17. The predicted octanol–water partition coefficient (Wildman–Crippen LogP) is 2.21. The molecule has 0 saturated heterocycles. The fraction of sp³-hybridized carbons (Fsp3) is 0.667. The van der Waals surface area contributed by atoms with Crippen LogP contribution in [-0.4, -0.2) is 28.8 Å². The Hall–Kier alpha value is -0.960. The Balaban J connectivity index is 3.14. The molecule has 0 spiro atoms. The molecule has 0 radical (unpaired) electrons. The molecule has 3 nitrogen and oxygen atoms in total. The summed E-state index contributed by atoms with van der Waals surface area (Å²) >= 11 is 0. The van der Waals surface area contributed by atoms with Crippen LogP contribution in [0.5, 0.6) is 0 Å². The normalized spacial score (nSPS) is 35.3. The van der Waals surface area contributed by atoms with Gasteiger partial charge in [-0.05, 0) is 20.8 Å². The molecule has 1 N–H and O–H groups in total. The molecule has 0 bridgehead atoms. The van der Waals surface area contributed by atoms with E-state index in [1.54, 1.807) is 13.1 Å². The van der Waals surface area contributed by atoms with Crippen LogP contribution in [0.2, 0.25) is 0 Å². The largest absolute Gasteiger partial charge is 0.365 e. The maximum Gasteiger partial charge on any atom is 0.188 e. The molecule has 1 heterocycles. The summed E-state index contributed by atoms with van der Waals surface area (Å²) in [6.45, 7) is 9.72.